The number of anilines is 1. The van der Waals surface area contributed by atoms with E-state index in [-0.39, 0.29) is 5.69 Å². The summed E-state index contributed by atoms with van der Waals surface area (Å²) in [5.74, 6) is -4.91. The van der Waals surface area contributed by atoms with Gasteiger partial charge in [0.1, 0.15) is 12.2 Å². The van der Waals surface area contributed by atoms with Crippen LogP contribution in [0.3, 0.4) is 0 Å². The van der Waals surface area contributed by atoms with Crippen molar-refractivity contribution >= 4 is 17.3 Å². The van der Waals surface area contributed by atoms with Gasteiger partial charge in [0.05, 0.1) is 11.5 Å². The van der Waals surface area contributed by atoms with Crippen LogP contribution in [0.2, 0.25) is 0 Å². The zero-order valence-corrected chi connectivity index (χ0v) is 9.47. The Labute approximate surface area is 105 Å². The molecule has 1 aromatic rings. The maximum Gasteiger partial charge on any atom is 0.342 e. The smallest absolute Gasteiger partial charge is 0.342 e. The molecule has 0 aliphatic heterocycles. The Morgan fingerprint density at radius 2 is 2.11 bits per heavy atom. The molecule has 0 radical (unpaired) electrons. The van der Waals surface area contributed by atoms with Crippen LogP contribution < -0.4 is 5.32 Å². The van der Waals surface area contributed by atoms with Crippen LogP contribution in [0, 0.1) is 10.1 Å². The molecule has 3 N–H and O–H groups in total. The average Bonchev–Trinajstić information content (AvgIpc) is 2.36. The fourth-order valence-corrected chi connectivity index (χ4v) is 1.26. The van der Waals surface area contributed by atoms with Gasteiger partial charge in [0.15, 0.2) is 0 Å². The van der Waals surface area contributed by atoms with E-state index in [2.05, 4.69) is 5.32 Å². The van der Waals surface area contributed by atoms with Crippen LogP contribution in [0.25, 0.3) is 0 Å². The Morgan fingerprint density at radius 1 is 1.47 bits per heavy atom. The number of aromatic carboxylic acids is 1. The monoisotopic (exact) mass is 276 g/mol. The maximum absolute atomic E-state index is 12.8. The highest BCUT2D eigenvalue weighted by atomic mass is 19.3. The number of halogens is 2. The number of nitrogens with zero attached hydrogens (tertiary/aromatic N) is 1. The lowest BCUT2D eigenvalue weighted by Gasteiger charge is -2.15. The van der Waals surface area contributed by atoms with Crippen molar-refractivity contribution in [1.82, 2.24) is 0 Å². The zero-order valence-electron chi connectivity index (χ0n) is 9.47. The predicted octanol–water partition coefficient (Wildman–Crippen LogP) is 1.33. The van der Waals surface area contributed by atoms with E-state index < -0.39 is 41.2 Å². The number of aliphatic hydroxyl groups excluding tert-OH is 1. The Hall–Kier alpha value is -2.29. The Balaban J connectivity index is 2.97. The molecule has 9 heteroatoms. The number of nitro benzene ring substituents is 1. The van der Waals surface area contributed by atoms with Crippen molar-refractivity contribution < 1.29 is 28.7 Å². The Morgan fingerprint density at radius 3 is 2.58 bits per heavy atom. The summed E-state index contributed by atoms with van der Waals surface area (Å²) >= 11 is 0. The highest BCUT2D eigenvalue weighted by Gasteiger charge is 2.27. The molecule has 0 spiro atoms. The van der Waals surface area contributed by atoms with E-state index in [0.29, 0.717) is 0 Å². The summed E-state index contributed by atoms with van der Waals surface area (Å²) in [6, 6.07) is 2.90. The number of nitro groups is 1. The summed E-state index contributed by atoms with van der Waals surface area (Å²) in [4.78, 5) is 20.5. The molecule has 19 heavy (non-hydrogen) atoms. The van der Waals surface area contributed by atoms with Crippen LogP contribution in [0.1, 0.15) is 10.4 Å². The molecule has 0 aromatic heterocycles. The van der Waals surface area contributed by atoms with Crippen molar-refractivity contribution in [3.63, 3.8) is 0 Å². The van der Waals surface area contributed by atoms with Crippen molar-refractivity contribution in [1.29, 1.82) is 0 Å². The second-order valence-electron chi connectivity index (χ2n) is 3.66. The third-order valence-electron chi connectivity index (χ3n) is 2.21. The third-order valence-corrected chi connectivity index (χ3v) is 2.21. The second-order valence-corrected chi connectivity index (χ2v) is 3.66. The molecule has 0 heterocycles. The molecular weight excluding hydrogens is 266 g/mol. The standard InChI is InChI=1S/C10H10F2N2O5/c11-10(12,5-15)4-13-6-1-2-8(14(18)19)7(3-6)9(16)17/h1-3,13,15H,4-5H2,(H,16,17). The first-order valence-electron chi connectivity index (χ1n) is 5.01. The lowest BCUT2D eigenvalue weighted by Crippen LogP contribution is -2.31. The number of aliphatic hydroxyl groups is 1. The van der Waals surface area contributed by atoms with Gasteiger partial charge in [0.25, 0.3) is 11.6 Å². The van der Waals surface area contributed by atoms with Crippen LogP contribution in [0.5, 0.6) is 0 Å². The number of carboxylic acid groups (broad SMARTS) is 1. The molecular formula is C10H10F2N2O5. The molecule has 0 amide bonds. The molecule has 7 nitrogen and oxygen atoms in total. The topological polar surface area (TPSA) is 113 Å². The summed E-state index contributed by atoms with van der Waals surface area (Å²) in [5.41, 5.74) is -1.26. The SMILES string of the molecule is O=C(O)c1cc(NCC(F)(F)CO)ccc1[N+](=O)[O-]. The number of alkyl halides is 2. The number of rotatable bonds is 6. The van der Waals surface area contributed by atoms with E-state index in [1.54, 1.807) is 0 Å². The first kappa shape index (κ1) is 14.8. The minimum Gasteiger partial charge on any atom is -0.477 e. The van der Waals surface area contributed by atoms with E-state index in [9.17, 15) is 23.7 Å². The van der Waals surface area contributed by atoms with Gasteiger partial charge in [-0.3, -0.25) is 10.1 Å². The first-order valence-corrected chi connectivity index (χ1v) is 5.01. The summed E-state index contributed by atoms with van der Waals surface area (Å²) in [6.07, 6.45) is 0. The van der Waals surface area contributed by atoms with Crippen LogP contribution >= 0.6 is 0 Å². The van der Waals surface area contributed by atoms with E-state index in [4.69, 9.17) is 10.2 Å². The van der Waals surface area contributed by atoms with E-state index in [1.165, 1.54) is 0 Å². The third kappa shape index (κ3) is 3.85. The number of carbonyl (C=O) groups is 1. The number of hydrogen-bond donors (Lipinski definition) is 3. The van der Waals surface area contributed by atoms with E-state index in [1.807, 2.05) is 0 Å². The Kier molecular flexibility index (Phi) is 4.33. The minimum absolute atomic E-state index is 0.0175. The van der Waals surface area contributed by atoms with E-state index >= 15 is 0 Å². The van der Waals surface area contributed by atoms with Crippen molar-refractivity contribution in [3.8, 4) is 0 Å². The average molecular weight is 276 g/mol. The molecule has 1 aromatic carbocycles. The first-order chi connectivity index (χ1) is 8.76. The van der Waals surface area contributed by atoms with Gasteiger partial charge in [0, 0.05) is 11.8 Å². The summed E-state index contributed by atoms with van der Waals surface area (Å²) in [7, 11) is 0. The lowest BCUT2D eigenvalue weighted by atomic mass is 10.1. The van der Waals surface area contributed by atoms with Crippen LogP contribution in [-0.2, 0) is 0 Å². The summed E-state index contributed by atoms with van der Waals surface area (Å²) < 4.78 is 25.5. The maximum atomic E-state index is 12.8. The van der Waals surface area contributed by atoms with Gasteiger partial charge in [-0.2, -0.15) is 0 Å². The summed E-state index contributed by atoms with van der Waals surface area (Å²) in [5, 5.41) is 29.9. The van der Waals surface area contributed by atoms with Gasteiger partial charge in [-0.05, 0) is 12.1 Å². The zero-order chi connectivity index (χ0) is 14.6. The highest BCUT2D eigenvalue weighted by Crippen LogP contribution is 2.23. The van der Waals surface area contributed by atoms with Gasteiger partial charge >= 0.3 is 5.97 Å². The van der Waals surface area contributed by atoms with Crippen LogP contribution in [0.15, 0.2) is 18.2 Å². The molecule has 1 rings (SSSR count). The van der Waals surface area contributed by atoms with Gasteiger partial charge in [0.2, 0.25) is 0 Å². The van der Waals surface area contributed by atoms with Crippen molar-refractivity contribution in [2.45, 2.75) is 5.92 Å². The fraction of sp³-hybridized carbons (Fsp3) is 0.300. The van der Waals surface area contributed by atoms with Crippen molar-refractivity contribution in [3.05, 3.63) is 33.9 Å². The van der Waals surface area contributed by atoms with Crippen LogP contribution in [0.4, 0.5) is 20.2 Å². The molecule has 0 saturated heterocycles. The number of carboxylic acids is 1. The van der Waals surface area contributed by atoms with Gasteiger partial charge in [-0.15, -0.1) is 0 Å². The Bertz CT molecular complexity index is 507. The molecule has 0 aliphatic carbocycles. The summed E-state index contributed by atoms with van der Waals surface area (Å²) in [6.45, 7) is -2.28. The normalized spacial score (nSPS) is 11.1. The molecule has 0 saturated carbocycles. The number of hydrogen-bond acceptors (Lipinski definition) is 5. The second kappa shape index (κ2) is 5.57. The molecule has 0 unspecified atom stereocenters. The van der Waals surface area contributed by atoms with E-state index in [0.717, 1.165) is 18.2 Å². The van der Waals surface area contributed by atoms with Crippen molar-refractivity contribution in [2.75, 3.05) is 18.5 Å². The van der Waals surface area contributed by atoms with Gasteiger partial charge in [-0.25, -0.2) is 13.6 Å². The predicted molar refractivity (Wildman–Crippen MR) is 60.6 cm³/mol. The molecule has 0 atom stereocenters. The largest absolute Gasteiger partial charge is 0.477 e. The van der Waals surface area contributed by atoms with Gasteiger partial charge < -0.3 is 15.5 Å². The molecule has 0 fully saturated rings. The molecule has 104 valence electrons. The van der Waals surface area contributed by atoms with Crippen molar-refractivity contribution in [2.24, 2.45) is 0 Å². The number of nitrogens with one attached hydrogen (secondary N) is 1. The molecule has 0 bridgehead atoms. The minimum atomic E-state index is -3.37. The van der Waals surface area contributed by atoms with Crippen LogP contribution in [-0.4, -0.2) is 40.2 Å². The molecule has 0 aliphatic rings. The van der Waals surface area contributed by atoms with Gasteiger partial charge in [-0.1, -0.05) is 0 Å². The number of benzene rings is 1. The quantitative estimate of drug-likeness (QED) is 0.533. The highest BCUT2D eigenvalue weighted by molar-refractivity contribution is 5.93. The lowest BCUT2D eigenvalue weighted by molar-refractivity contribution is -0.385. The fourth-order valence-electron chi connectivity index (χ4n) is 1.26.